The van der Waals surface area contributed by atoms with E-state index in [1.807, 2.05) is 35.0 Å². The first-order valence-corrected chi connectivity index (χ1v) is 7.31. The molecule has 0 spiro atoms. The van der Waals surface area contributed by atoms with E-state index in [0.29, 0.717) is 6.42 Å². The summed E-state index contributed by atoms with van der Waals surface area (Å²) < 4.78 is 3.16. The van der Waals surface area contributed by atoms with Gasteiger partial charge in [-0.1, -0.05) is 11.6 Å². The molecule has 4 heteroatoms. The number of rotatable bonds is 1. The molecule has 1 aromatic carbocycles. The Morgan fingerprint density at radius 3 is 2.83 bits per heavy atom. The Bertz CT molecular complexity index is 633. The van der Waals surface area contributed by atoms with Crippen LogP contribution in [0.2, 0.25) is 5.02 Å². The van der Waals surface area contributed by atoms with Gasteiger partial charge in [0.05, 0.1) is 10.7 Å². The van der Waals surface area contributed by atoms with Gasteiger partial charge in [-0.25, -0.2) is 0 Å². The van der Waals surface area contributed by atoms with E-state index >= 15 is 0 Å². The van der Waals surface area contributed by atoms with Crippen LogP contribution < -0.4 is 0 Å². The van der Waals surface area contributed by atoms with Crippen LogP contribution in [0, 0.1) is 3.57 Å². The predicted molar refractivity (Wildman–Crippen MR) is 80.8 cm³/mol. The maximum absolute atomic E-state index is 11.8. The molecule has 0 aliphatic heterocycles. The summed E-state index contributed by atoms with van der Waals surface area (Å²) in [6.07, 6.45) is 4.48. The Morgan fingerprint density at radius 2 is 2.06 bits per heavy atom. The number of halogens is 2. The zero-order chi connectivity index (χ0) is 12.7. The van der Waals surface area contributed by atoms with Crippen LogP contribution in [-0.2, 0) is 6.42 Å². The van der Waals surface area contributed by atoms with Gasteiger partial charge >= 0.3 is 0 Å². The lowest BCUT2D eigenvalue weighted by Crippen LogP contribution is -2.12. The van der Waals surface area contributed by atoms with E-state index in [-0.39, 0.29) is 5.78 Å². The first-order valence-electron chi connectivity index (χ1n) is 5.85. The number of hydrogen-bond donors (Lipinski definition) is 0. The number of hydrogen-bond acceptors (Lipinski definition) is 1. The van der Waals surface area contributed by atoms with Crippen LogP contribution in [0.3, 0.4) is 0 Å². The fourth-order valence-corrected chi connectivity index (χ4v) is 3.37. The summed E-state index contributed by atoms with van der Waals surface area (Å²) in [6, 6.07) is 7.88. The van der Waals surface area contributed by atoms with Crippen molar-refractivity contribution in [1.82, 2.24) is 4.57 Å². The first kappa shape index (κ1) is 12.2. The van der Waals surface area contributed by atoms with E-state index in [2.05, 4.69) is 22.6 Å². The van der Waals surface area contributed by atoms with Gasteiger partial charge < -0.3 is 4.57 Å². The third kappa shape index (κ3) is 1.99. The van der Waals surface area contributed by atoms with Crippen LogP contribution in [-0.4, -0.2) is 10.4 Å². The summed E-state index contributed by atoms with van der Waals surface area (Å²) in [5.41, 5.74) is 2.90. The molecule has 2 nitrogen and oxygen atoms in total. The minimum atomic E-state index is 0.247. The molecule has 92 valence electrons. The van der Waals surface area contributed by atoms with Gasteiger partial charge in [0.2, 0.25) is 0 Å². The van der Waals surface area contributed by atoms with Crippen LogP contribution >= 0.6 is 34.2 Å². The van der Waals surface area contributed by atoms with Crippen molar-refractivity contribution in [1.29, 1.82) is 0 Å². The second-order valence-corrected chi connectivity index (χ2v) is 6.07. The predicted octanol–water partition coefficient (Wildman–Crippen LogP) is 4.25. The minimum absolute atomic E-state index is 0.247. The average Bonchev–Trinajstić information content (AvgIpc) is 2.74. The molecule has 0 atom stereocenters. The minimum Gasteiger partial charge on any atom is -0.319 e. The van der Waals surface area contributed by atoms with E-state index in [0.717, 1.165) is 38.4 Å². The van der Waals surface area contributed by atoms with Crippen molar-refractivity contribution in [3.05, 3.63) is 50.3 Å². The quantitative estimate of drug-likeness (QED) is 0.687. The van der Waals surface area contributed by atoms with E-state index < -0.39 is 0 Å². The van der Waals surface area contributed by atoms with Crippen LogP contribution in [0.1, 0.15) is 28.9 Å². The summed E-state index contributed by atoms with van der Waals surface area (Å²) in [5, 5.41) is 0.721. The smallest absolute Gasteiger partial charge is 0.164 e. The van der Waals surface area contributed by atoms with Crippen molar-refractivity contribution in [2.75, 3.05) is 0 Å². The first-order chi connectivity index (χ1) is 8.66. The maximum atomic E-state index is 11.8. The molecule has 1 aliphatic carbocycles. The molecule has 0 radical (unpaired) electrons. The highest BCUT2D eigenvalue weighted by molar-refractivity contribution is 14.1. The Morgan fingerprint density at radius 1 is 1.22 bits per heavy atom. The SMILES string of the molecule is O=C1CCCc2c1ccn2-c1ccc(I)cc1Cl. The highest BCUT2D eigenvalue weighted by atomic mass is 127. The van der Waals surface area contributed by atoms with Crippen LogP contribution in [0.25, 0.3) is 5.69 Å². The zero-order valence-corrected chi connectivity index (χ0v) is 12.5. The van der Waals surface area contributed by atoms with Crippen LogP contribution in [0.5, 0.6) is 0 Å². The summed E-state index contributed by atoms with van der Waals surface area (Å²) in [7, 11) is 0. The molecule has 18 heavy (non-hydrogen) atoms. The number of benzene rings is 1. The number of aromatic nitrogens is 1. The standard InChI is InChI=1S/C14H11ClINO/c15-11-8-9(16)4-5-13(11)17-7-6-10-12(17)2-1-3-14(10)18/h4-8H,1-3H2. The van der Waals surface area contributed by atoms with Gasteiger partial charge in [-0.3, -0.25) is 4.79 Å². The molecule has 1 aromatic heterocycles. The number of fused-ring (bicyclic) bond motifs is 1. The molecular formula is C14H11ClINO. The number of carbonyl (C=O) groups is 1. The molecule has 2 aromatic rings. The fourth-order valence-electron chi connectivity index (χ4n) is 2.43. The van der Waals surface area contributed by atoms with Crippen molar-refractivity contribution in [3.8, 4) is 5.69 Å². The van der Waals surface area contributed by atoms with Gasteiger partial charge in [0.25, 0.3) is 0 Å². The molecule has 0 N–H and O–H groups in total. The van der Waals surface area contributed by atoms with Gasteiger partial charge in [-0.05, 0) is 59.7 Å². The fraction of sp³-hybridized carbons (Fsp3) is 0.214. The van der Waals surface area contributed by atoms with Gasteiger partial charge in [-0.2, -0.15) is 0 Å². The summed E-state index contributed by atoms with van der Waals surface area (Å²) in [4.78, 5) is 11.8. The van der Waals surface area contributed by atoms with E-state index in [4.69, 9.17) is 11.6 Å². The lowest BCUT2D eigenvalue weighted by atomic mass is 9.97. The Labute approximate surface area is 124 Å². The summed E-state index contributed by atoms with van der Waals surface area (Å²) >= 11 is 8.53. The lowest BCUT2D eigenvalue weighted by Gasteiger charge is -2.16. The molecule has 0 fully saturated rings. The van der Waals surface area contributed by atoms with Gasteiger partial charge in [-0.15, -0.1) is 0 Å². The Balaban J connectivity index is 2.15. The highest BCUT2D eigenvalue weighted by Gasteiger charge is 2.21. The summed E-state index contributed by atoms with van der Waals surface area (Å²) in [5.74, 6) is 0.247. The summed E-state index contributed by atoms with van der Waals surface area (Å²) in [6.45, 7) is 0. The molecule has 0 saturated heterocycles. The van der Waals surface area contributed by atoms with Crippen molar-refractivity contribution in [2.45, 2.75) is 19.3 Å². The zero-order valence-electron chi connectivity index (χ0n) is 9.62. The molecular weight excluding hydrogens is 361 g/mol. The number of nitrogens with zero attached hydrogens (tertiary/aromatic N) is 1. The van der Waals surface area contributed by atoms with Crippen LogP contribution in [0.15, 0.2) is 30.5 Å². The lowest BCUT2D eigenvalue weighted by molar-refractivity contribution is 0.0972. The Kier molecular flexibility index (Phi) is 3.20. The topological polar surface area (TPSA) is 22.0 Å². The van der Waals surface area contributed by atoms with Crippen LogP contribution in [0.4, 0.5) is 0 Å². The van der Waals surface area contributed by atoms with E-state index in [1.165, 1.54) is 0 Å². The second-order valence-electron chi connectivity index (χ2n) is 4.42. The van der Waals surface area contributed by atoms with Crippen molar-refractivity contribution in [3.63, 3.8) is 0 Å². The van der Waals surface area contributed by atoms with Crippen molar-refractivity contribution in [2.24, 2.45) is 0 Å². The number of carbonyl (C=O) groups excluding carboxylic acids is 1. The molecule has 3 rings (SSSR count). The third-order valence-electron chi connectivity index (χ3n) is 3.28. The number of Topliss-reactive ketones (excluding diaryl/α,β-unsaturated/α-hetero) is 1. The van der Waals surface area contributed by atoms with E-state index in [9.17, 15) is 4.79 Å². The second kappa shape index (κ2) is 4.70. The molecule has 1 aliphatic rings. The molecule has 0 bridgehead atoms. The third-order valence-corrected chi connectivity index (χ3v) is 4.25. The van der Waals surface area contributed by atoms with Gasteiger partial charge in [0.1, 0.15) is 0 Å². The van der Waals surface area contributed by atoms with Crippen molar-refractivity contribution >= 4 is 40.0 Å². The number of ketones is 1. The monoisotopic (exact) mass is 371 g/mol. The van der Waals surface area contributed by atoms with Gasteiger partial charge in [0.15, 0.2) is 5.78 Å². The normalized spacial score (nSPS) is 14.7. The molecule has 0 amide bonds. The van der Waals surface area contributed by atoms with Gasteiger partial charge in [0, 0.05) is 27.4 Å². The van der Waals surface area contributed by atoms with Crippen molar-refractivity contribution < 1.29 is 4.79 Å². The molecule has 1 heterocycles. The molecule has 0 saturated carbocycles. The van der Waals surface area contributed by atoms with E-state index in [1.54, 1.807) is 0 Å². The molecule has 0 unspecified atom stereocenters. The average molecular weight is 372 g/mol. The largest absolute Gasteiger partial charge is 0.319 e. The highest BCUT2D eigenvalue weighted by Crippen LogP contribution is 2.29. The maximum Gasteiger partial charge on any atom is 0.164 e. The Hall–Kier alpha value is -0.810.